The second-order valence-corrected chi connectivity index (χ2v) is 7.30. The minimum Gasteiger partial charge on any atom is -0.342 e. The maximum atomic E-state index is 13.7. The second kappa shape index (κ2) is 7.13. The van der Waals surface area contributed by atoms with Gasteiger partial charge < -0.3 is 10.2 Å². The molecule has 0 unspecified atom stereocenters. The number of nitrogens with zero attached hydrogens (tertiary/aromatic N) is 2. The van der Waals surface area contributed by atoms with Crippen molar-refractivity contribution in [2.75, 3.05) is 18.4 Å². The Morgan fingerprint density at radius 1 is 1.33 bits per heavy atom. The van der Waals surface area contributed by atoms with E-state index < -0.39 is 11.7 Å². The standard InChI is InChI=1S/C20H23FN4O2/c1-2-12-11-22-24-19(12)13-5-7-25(8-6-13)20(27)16-10-18(26)23-17-4-3-14(21)9-15(16)17/h3-4,9,11,13,16H,2,5-8,10H2,1H3,(H,22,24)(H,23,26)/t16-/m0/s1. The summed E-state index contributed by atoms with van der Waals surface area (Å²) in [4.78, 5) is 26.9. The number of rotatable bonds is 3. The van der Waals surface area contributed by atoms with Gasteiger partial charge in [0.2, 0.25) is 11.8 Å². The monoisotopic (exact) mass is 370 g/mol. The molecule has 1 aromatic heterocycles. The third-order valence-corrected chi connectivity index (χ3v) is 5.70. The summed E-state index contributed by atoms with van der Waals surface area (Å²) in [6.07, 6.45) is 4.59. The van der Waals surface area contributed by atoms with Crippen LogP contribution in [0.25, 0.3) is 0 Å². The fourth-order valence-corrected chi connectivity index (χ4v) is 4.22. The van der Waals surface area contributed by atoms with Gasteiger partial charge in [-0.25, -0.2) is 4.39 Å². The number of likely N-dealkylation sites (tertiary alicyclic amines) is 1. The fraction of sp³-hybridized carbons (Fsp3) is 0.450. The number of nitrogens with one attached hydrogen (secondary N) is 2. The Morgan fingerprint density at radius 3 is 2.85 bits per heavy atom. The molecule has 3 heterocycles. The number of carbonyl (C=O) groups is 2. The minimum absolute atomic E-state index is 0.0652. The molecule has 0 bridgehead atoms. The summed E-state index contributed by atoms with van der Waals surface area (Å²) in [7, 11) is 0. The molecule has 27 heavy (non-hydrogen) atoms. The van der Waals surface area contributed by atoms with Crippen LogP contribution in [0, 0.1) is 5.82 Å². The highest BCUT2D eigenvalue weighted by Crippen LogP contribution is 2.36. The lowest BCUT2D eigenvalue weighted by molar-refractivity contribution is -0.135. The molecular formula is C20H23FN4O2. The molecule has 2 aliphatic heterocycles. The van der Waals surface area contributed by atoms with Crippen molar-refractivity contribution >= 4 is 17.5 Å². The van der Waals surface area contributed by atoms with E-state index in [-0.39, 0.29) is 18.2 Å². The van der Waals surface area contributed by atoms with Gasteiger partial charge in [-0.05, 0) is 48.6 Å². The van der Waals surface area contributed by atoms with Gasteiger partial charge in [0.25, 0.3) is 0 Å². The van der Waals surface area contributed by atoms with E-state index in [0.29, 0.717) is 30.3 Å². The SMILES string of the molecule is CCc1cn[nH]c1C1CCN(C(=O)[C@H]2CC(=O)Nc3ccc(F)cc32)CC1. The highest BCUT2D eigenvalue weighted by Gasteiger charge is 2.35. The quantitative estimate of drug-likeness (QED) is 0.872. The molecule has 1 atom stereocenters. The summed E-state index contributed by atoms with van der Waals surface area (Å²) < 4.78 is 13.7. The number of piperidine rings is 1. The van der Waals surface area contributed by atoms with Crippen LogP contribution in [-0.2, 0) is 16.0 Å². The zero-order valence-electron chi connectivity index (χ0n) is 15.3. The zero-order chi connectivity index (χ0) is 19.0. The predicted octanol–water partition coefficient (Wildman–Crippen LogP) is 2.94. The first-order valence-electron chi connectivity index (χ1n) is 9.47. The van der Waals surface area contributed by atoms with Gasteiger partial charge in [-0.15, -0.1) is 0 Å². The number of aryl methyl sites for hydroxylation is 1. The number of aromatic amines is 1. The smallest absolute Gasteiger partial charge is 0.230 e. The summed E-state index contributed by atoms with van der Waals surface area (Å²) in [5, 5.41) is 9.99. The van der Waals surface area contributed by atoms with Gasteiger partial charge in [0, 0.05) is 36.8 Å². The number of fused-ring (bicyclic) bond motifs is 1. The van der Waals surface area contributed by atoms with Crippen LogP contribution in [-0.4, -0.2) is 40.0 Å². The van der Waals surface area contributed by atoms with E-state index in [2.05, 4.69) is 22.4 Å². The van der Waals surface area contributed by atoms with Crippen molar-refractivity contribution in [3.05, 3.63) is 47.0 Å². The summed E-state index contributed by atoms with van der Waals surface area (Å²) in [6, 6.07) is 4.19. The number of benzene rings is 1. The van der Waals surface area contributed by atoms with Gasteiger partial charge in [0.1, 0.15) is 5.82 Å². The summed E-state index contributed by atoms with van der Waals surface area (Å²) in [5.41, 5.74) is 3.51. The van der Waals surface area contributed by atoms with Crippen LogP contribution < -0.4 is 5.32 Å². The molecule has 1 fully saturated rings. The lowest BCUT2D eigenvalue weighted by Crippen LogP contribution is -2.42. The number of anilines is 1. The number of amides is 2. The van der Waals surface area contributed by atoms with Crippen LogP contribution in [0.5, 0.6) is 0 Å². The normalized spacial score (nSPS) is 20.3. The molecule has 1 saturated heterocycles. The number of carbonyl (C=O) groups excluding carboxylic acids is 2. The van der Waals surface area contributed by atoms with Crippen LogP contribution in [0.15, 0.2) is 24.4 Å². The van der Waals surface area contributed by atoms with Gasteiger partial charge in [-0.2, -0.15) is 5.10 Å². The van der Waals surface area contributed by atoms with Gasteiger partial charge in [0.15, 0.2) is 0 Å². The van der Waals surface area contributed by atoms with Crippen LogP contribution >= 0.6 is 0 Å². The summed E-state index contributed by atoms with van der Waals surface area (Å²) >= 11 is 0. The Balaban J connectivity index is 1.49. The molecule has 4 rings (SSSR count). The van der Waals surface area contributed by atoms with Crippen molar-refractivity contribution in [2.24, 2.45) is 0 Å². The average Bonchev–Trinajstić information content (AvgIpc) is 3.16. The van der Waals surface area contributed by atoms with E-state index >= 15 is 0 Å². The molecular weight excluding hydrogens is 347 g/mol. The Labute approximate surface area is 157 Å². The van der Waals surface area contributed by atoms with Gasteiger partial charge in [0.05, 0.1) is 12.1 Å². The maximum Gasteiger partial charge on any atom is 0.230 e. The number of H-pyrrole nitrogens is 1. The van der Waals surface area contributed by atoms with Gasteiger partial charge >= 0.3 is 0 Å². The van der Waals surface area contributed by atoms with Gasteiger partial charge in [-0.1, -0.05) is 6.92 Å². The second-order valence-electron chi connectivity index (χ2n) is 7.30. The maximum absolute atomic E-state index is 13.7. The van der Waals surface area contributed by atoms with E-state index in [1.54, 1.807) is 0 Å². The summed E-state index contributed by atoms with van der Waals surface area (Å²) in [6.45, 7) is 3.38. The van der Waals surface area contributed by atoms with E-state index in [1.165, 1.54) is 29.5 Å². The predicted molar refractivity (Wildman–Crippen MR) is 98.9 cm³/mol. The Bertz CT molecular complexity index is 871. The van der Waals surface area contributed by atoms with Crippen LogP contribution in [0.1, 0.15) is 54.8 Å². The number of halogens is 1. The van der Waals surface area contributed by atoms with Crippen LogP contribution in [0.2, 0.25) is 0 Å². The molecule has 0 radical (unpaired) electrons. The highest BCUT2D eigenvalue weighted by atomic mass is 19.1. The Hall–Kier alpha value is -2.70. The Kier molecular flexibility index (Phi) is 4.68. The van der Waals surface area contributed by atoms with Crippen molar-refractivity contribution < 1.29 is 14.0 Å². The van der Waals surface area contributed by atoms with E-state index in [0.717, 1.165) is 19.3 Å². The molecule has 2 N–H and O–H groups in total. The lowest BCUT2D eigenvalue weighted by atomic mass is 9.87. The largest absolute Gasteiger partial charge is 0.342 e. The van der Waals surface area contributed by atoms with Crippen LogP contribution in [0.3, 0.4) is 0 Å². The first-order chi connectivity index (χ1) is 13.1. The van der Waals surface area contributed by atoms with Crippen molar-refractivity contribution in [2.45, 2.75) is 44.4 Å². The van der Waals surface area contributed by atoms with Crippen molar-refractivity contribution in [1.82, 2.24) is 15.1 Å². The molecule has 2 aliphatic rings. The number of aromatic nitrogens is 2. The van der Waals surface area contributed by atoms with Crippen molar-refractivity contribution in [1.29, 1.82) is 0 Å². The summed E-state index contributed by atoms with van der Waals surface area (Å²) in [5.74, 6) is -0.930. The third kappa shape index (κ3) is 3.34. The average molecular weight is 370 g/mol. The molecule has 2 aromatic rings. The molecule has 2 amide bonds. The molecule has 0 spiro atoms. The minimum atomic E-state index is -0.612. The van der Waals surface area contributed by atoms with E-state index in [1.807, 2.05) is 11.1 Å². The van der Waals surface area contributed by atoms with Crippen molar-refractivity contribution in [3.63, 3.8) is 0 Å². The topological polar surface area (TPSA) is 78.1 Å². The molecule has 0 saturated carbocycles. The highest BCUT2D eigenvalue weighted by molar-refractivity contribution is 6.01. The Morgan fingerprint density at radius 2 is 2.11 bits per heavy atom. The first-order valence-corrected chi connectivity index (χ1v) is 9.47. The van der Waals surface area contributed by atoms with E-state index in [4.69, 9.17) is 0 Å². The lowest BCUT2D eigenvalue weighted by Gasteiger charge is -2.35. The number of hydrogen-bond acceptors (Lipinski definition) is 3. The third-order valence-electron chi connectivity index (χ3n) is 5.70. The molecule has 1 aromatic carbocycles. The van der Waals surface area contributed by atoms with Crippen LogP contribution in [0.4, 0.5) is 10.1 Å². The van der Waals surface area contributed by atoms with E-state index in [9.17, 15) is 14.0 Å². The van der Waals surface area contributed by atoms with Crippen molar-refractivity contribution in [3.8, 4) is 0 Å². The molecule has 7 heteroatoms. The molecule has 0 aliphatic carbocycles. The first kappa shape index (κ1) is 17.7. The molecule has 6 nitrogen and oxygen atoms in total. The fourth-order valence-electron chi connectivity index (χ4n) is 4.22. The zero-order valence-corrected chi connectivity index (χ0v) is 15.3. The number of hydrogen-bond donors (Lipinski definition) is 2. The molecule has 142 valence electrons. The van der Waals surface area contributed by atoms with Gasteiger partial charge in [-0.3, -0.25) is 14.7 Å².